The minimum Gasteiger partial charge on any atom is -0.407 e. The number of carbonyl (C=O) groups excluding carboxylic acids is 1. The summed E-state index contributed by atoms with van der Waals surface area (Å²) in [6, 6.07) is 11.8. The lowest BCUT2D eigenvalue weighted by Crippen LogP contribution is -2.30. The molecule has 9 heteroatoms. The summed E-state index contributed by atoms with van der Waals surface area (Å²) < 4.78 is 32.0. The van der Waals surface area contributed by atoms with Crippen LogP contribution in [0.5, 0.6) is 0 Å². The molecule has 31 heavy (non-hydrogen) atoms. The summed E-state index contributed by atoms with van der Waals surface area (Å²) in [5.41, 5.74) is 3.71. The number of sulfonamides is 1. The zero-order valence-electron chi connectivity index (χ0n) is 18.0. The molecule has 3 aromatic rings. The van der Waals surface area contributed by atoms with Crippen LogP contribution >= 0.6 is 0 Å². The Morgan fingerprint density at radius 3 is 2.29 bits per heavy atom. The fraction of sp³-hybridized carbons (Fsp3) is 0.318. The molecule has 1 heterocycles. The van der Waals surface area contributed by atoms with Crippen LogP contribution in [0.2, 0.25) is 0 Å². The van der Waals surface area contributed by atoms with Gasteiger partial charge >= 0.3 is 6.01 Å². The van der Waals surface area contributed by atoms with E-state index in [4.69, 9.17) is 4.42 Å². The minimum absolute atomic E-state index is 0.0105. The highest BCUT2D eigenvalue weighted by Gasteiger charge is 2.22. The second-order valence-electron chi connectivity index (χ2n) is 7.16. The van der Waals surface area contributed by atoms with Gasteiger partial charge in [-0.25, -0.2) is 8.42 Å². The van der Waals surface area contributed by atoms with E-state index in [9.17, 15) is 13.2 Å². The van der Waals surface area contributed by atoms with Crippen LogP contribution < -0.4 is 5.32 Å². The molecule has 0 fully saturated rings. The average molecular weight is 443 g/mol. The molecule has 164 valence electrons. The Hall–Kier alpha value is -3.04. The third-order valence-corrected chi connectivity index (χ3v) is 7.14. The average Bonchev–Trinajstić information content (AvgIpc) is 3.18. The van der Waals surface area contributed by atoms with E-state index in [1.54, 1.807) is 13.8 Å². The van der Waals surface area contributed by atoms with Gasteiger partial charge in [-0.15, -0.1) is 5.10 Å². The Balaban J connectivity index is 1.67. The molecule has 0 aliphatic rings. The van der Waals surface area contributed by atoms with Crippen molar-refractivity contribution in [3.63, 3.8) is 0 Å². The highest BCUT2D eigenvalue weighted by atomic mass is 32.2. The number of amides is 1. The standard InChI is InChI=1S/C22H26N4O4S/c1-5-26(6-2)31(28,29)19-11-9-18(10-12-19)21(27)23-22-25-24-20(30-22)14-17-8-7-15(3)16(4)13-17/h7-13H,5-6,14H2,1-4H3,(H,23,25,27). The number of aromatic nitrogens is 2. The van der Waals surface area contributed by atoms with E-state index in [2.05, 4.69) is 21.6 Å². The normalized spacial score (nSPS) is 11.6. The molecule has 0 aliphatic carbocycles. The summed E-state index contributed by atoms with van der Waals surface area (Å²) in [7, 11) is -3.57. The van der Waals surface area contributed by atoms with E-state index in [-0.39, 0.29) is 16.5 Å². The van der Waals surface area contributed by atoms with Crippen molar-refractivity contribution in [3.05, 3.63) is 70.6 Å². The zero-order valence-corrected chi connectivity index (χ0v) is 18.9. The Kier molecular flexibility index (Phi) is 6.87. The number of hydrogen-bond acceptors (Lipinski definition) is 6. The maximum Gasteiger partial charge on any atom is 0.322 e. The smallest absolute Gasteiger partial charge is 0.322 e. The molecular formula is C22H26N4O4S. The first-order valence-electron chi connectivity index (χ1n) is 10.0. The molecule has 0 aliphatic heterocycles. The minimum atomic E-state index is -3.57. The van der Waals surface area contributed by atoms with E-state index in [0.29, 0.717) is 25.4 Å². The number of rotatable bonds is 8. The molecule has 1 amide bonds. The van der Waals surface area contributed by atoms with Gasteiger partial charge in [-0.3, -0.25) is 10.1 Å². The molecule has 0 spiro atoms. The molecule has 0 saturated carbocycles. The Bertz CT molecular complexity index is 1170. The third kappa shape index (κ3) is 5.18. The lowest BCUT2D eigenvalue weighted by molar-refractivity contribution is 0.102. The van der Waals surface area contributed by atoms with Crippen LogP contribution in [-0.2, 0) is 16.4 Å². The van der Waals surface area contributed by atoms with Crippen LogP contribution in [0.1, 0.15) is 46.8 Å². The van der Waals surface area contributed by atoms with Gasteiger partial charge in [-0.2, -0.15) is 4.31 Å². The van der Waals surface area contributed by atoms with Gasteiger partial charge in [0.05, 0.1) is 11.3 Å². The van der Waals surface area contributed by atoms with Crippen molar-refractivity contribution in [2.45, 2.75) is 39.0 Å². The second kappa shape index (κ2) is 9.40. The number of hydrogen-bond donors (Lipinski definition) is 1. The van der Waals surface area contributed by atoms with Gasteiger partial charge in [0.1, 0.15) is 0 Å². The monoisotopic (exact) mass is 442 g/mol. The molecule has 3 rings (SSSR count). The Morgan fingerprint density at radius 2 is 1.68 bits per heavy atom. The molecule has 8 nitrogen and oxygen atoms in total. The van der Waals surface area contributed by atoms with Crippen LogP contribution in [0.15, 0.2) is 51.8 Å². The highest BCUT2D eigenvalue weighted by molar-refractivity contribution is 7.89. The lowest BCUT2D eigenvalue weighted by atomic mass is 10.0. The van der Waals surface area contributed by atoms with Gasteiger partial charge < -0.3 is 4.42 Å². The Morgan fingerprint density at radius 1 is 1.00 bits per heavy atom. The van der Waals surface area contributed by atoms with Crippen LogP contribution in [0.3, 0.4) is 0 Å². The molecule has 0 bridgehead atoms. The largest absolute Gasteiger partial charge is 0.407 e. The van der Waals surface area contributed by atoms with Crippen molar-refractivity contribution in [2.75, 3.05) is 18.4 Å². The fourth-order valence-corrected chi connectivity index (χ4v) is 4.58. The van der Waals surface area contributed by atoms with E-state index in [1.807, 2.05) is 26.0 Å². The first-order valence-corrected chi connectivity index (χ1v) is 11.5. The summed E-state index contributed by atoms with van der Waals surface area (Å²) in [5, 5.41) is 10.4. The highest BCUT2D eigenvalue weighted by Crippen LogP contribution is 2.18. The third-order valence-electron chi connectivity index (χ3n) is 5.07. The van der Waals surface area contributed by atoms with E-state index >= 15 is 0 Å². The lowest BCUT2D eigenvalue weighted by Gasteiger charge is -2.18. The number of anilines is 1. The summed E-state index contributed by atoms with van der Waals surface area (Å²) in [6.45, 7) is 8.40. The summed E-state index contributed by atoms with van der Waals surface area (Å²) in [4.78, 5) is 12.6. The van der Waals surface area contributed by atoms with Crippen molar-refractivity contribution in [1.29, 1.82) is 0 Å². The molecule has 0 radical (unpaired) electrons. The number of benzene rings is 2. The van der Waals surface area contributed by atoms with Gasteiger partial charge in [-0.1, -0.05) is 37.1 Å². The van der Waals surface area contributed by atoms with E-state index in [0.717, 1.165) is 5.56 Å². The predicted octanol–water partition coefficient (Wildman–Crippen LogP) is 3.56. The van der Waals surface area contributed by atoms with Gasteiger partial charge in [-0.05, 0) is 54.8 Å². The van der Waals surface area contributed by atoms with Crippen LogP contribution in [0.25, 0.3) is 0 Å². The van der Waals surface area contributed by atoms with Crippen LogP contribution in [-0.4, -0.2) is 41.9 Å². The molecular weight excluding hydrogens is 416 g/mol. The molecule has 1 N–H and O–H groups in total. The van der Waals surface area contributed by atoms with Crippen molar-refractivity contribution in [2.24, 2.45) is 0 Å². The molecule has 0 atom stereocenters. The van der Waals surface area contributed by atoms with Crippen molar-refractivity contribution < 1.29 is 17.6 Å². The van der Waals surface area contributed by atoms with Crippen molar-refractivity contribution in [1.82, 2.24) is 14.5 Å². The first kappa shape index (κ1) is 22.6. The first-order chi connectivity index (χ1) is 14.7. The van der Waals surface area contributed by atoms with Gasteiger partial charge in [0, 0.05) is 18.7 Å². The summed E-state index contributed by atoms with van der Waals surface area (Å²) >= 11 is 0. The van der Waals surface area contributed by atoms with E-state index < -0.39 is 15.9 Å². The molecule has 0 unspecified atom stereocenters. The Labute approximate surface area is 182 Å². The van der Waals surface area contributed by atoms with Gasteiger partial charge in [0.25, 0.3) is 5.91 Å². The number of nitrogens with zero attached hydrogens (tertiary/aromatic N) is 3. The SMILES string of the molecule is CCN(CC)S(=O)(=O)c1ccc(C(=O)Nc2nnc(Cc3ccc(C)c(C)c3)o2)cc1. The van der Waals surface area contributed by atoms with Gasteiger partial charge in [0.2, 0.25) is 15.9 Å². The molecule has 1 aromatic heterocycles. The van der Waals surface area contributed by atoms with Gasteiger partial charge in [0.15, 0.2) is 0 Å². The predicted molar refractivity (Wildman–Crippen MR) is 118 cm³/mol. The number of nitrogens with one attached hydrogen (secondary N) is 1. The van der Waals surface area contributed by atoms with Crippen molar-refractivity contribution in [3.8, 4) is 0 Å². The number of carbonyl (C=O) groups is 1. The summed E-state index contributed by atoms with van der Waals surface area (Å²) in [5.74, 6) is -0.0765. The summed E-state index contributed by atoms with van der Waals surface area (Å²) in [6.07, 6.45) is 0.460. The maximum atomic E-state index is 12.6. The zero-order chi connectivity index (χ0) is 22.6. The molecule has 0 saturated heterocycles. The van der Waals surface area contributed by atoms with Crippen molar-refractivity contribution >= 4 is 21.9 Å². The molecule has 2 aromatic carbocycles. The topological polar surface area (TPSA) is 105 Å². The fourth-order valence-electron chi connectivity index (χ4n) is 3.12. The quantitative estimate of drug-likeness (QED) is 0.572. The maximum absolute atomic E-state index is 12.6. The number of aryl methyl sites for hydroxylation is 2. The second-order valence-corrected chi connectivity index (χ2v) is 9.10. The van der Waals surface area contributed by atoms with Crippen LogP contribution in [0, 0.1) is 13.8 Å². The van der Waals surface area contributed by atoms with E-state index in [1.165, 1.54) is 39.7 Å². The van der Waals surface area contributed by atoms with Crippen LogP contribution in [0.4, 0.5) is 6.01 Å².